The maximum Gasteiger partial charge on any atom is 0.258 e. The summed E-state index contributed by atoms with van der Waals surface area (Å²) in [5.41, 5.74) is 0.951. The van der Waals surface area contributed by atoms with E-state index < -0.39 is 11.7 Å². The summed E-state index contributed by atoms with van der Waals surface area (Å²) in [6, 6.07) is 9.47. The van der Waals surface area contributed by atoms with Crippen molar-refractivity contribution in [2.45, 2.75) is 0 Å². The van der Waals surface area contributed by atoms with Gasteiger partial charge in [0.05, 0.1) is 11.3 Å². The summed E-state index contributed by atoms with van der Waals surface area (Å²) < 4.78 is 13.8. The third-order valence-electron chi connectivity index (χ3n) is 2.80. The molecule has 0 saturated carbocycles. The van der Waals surface area contributed by atoms with E-state index in [2.05, 4.69) is 31.2 Å². The molecule has 1 aromatic carbocycles. The summed E-state index contributed by atoms with van der Waals surface area (Å²) in [6.45, 7) is 0. The van der Waals surface area contributed by atoms with Gasteiger partial charge in [-0.1, -0.05) is 6.07 Å². The highest BCUT2D eigenvalue weighted by molar-refractivity contribution is 9.10. The summed E-state index contributed by atoms with van der Waals surface area (Å²) in [5, 5.41) is 5.07. The Hall–Kier alpha value is -2.12. The number of rotatable bonds is 3. The second-order valence-corrected chi connectivity index (χ2v) is 6.04. The van der Waals surface area contributed by atoms with Gasteiger partial charge in [0.15, 0.2) is 0 Å². The van der Waals surface area contributed by atoms with Gasteiger partial charge in [0, 0.05) is 16.0 Å². The monoisotopic (exact) mass is 377 g/mol. The molecule has 0 unspecified atom stereocenters. The molecule has 2 aromatic heterocycles. The zero-order valence-corrected chi connectivity index (χ0v) is 13.5. The number of anilines is 1. The summed E-state index contributed by atoms with van der Waals surface area (Å²) >= 11 is 4.60. The molecule has 0 fully saturated rings. The van der Waals surface area contributed by atoms with E-state index in [0.29, 0.717) is 15.3 Å². The average molecular weight is 378 g/mol. The minimum Gasteiger partial charge on any atom is -0.306 e. The molecular formula is C15H9BrFN3OS. The van der Waals surface area contributed by atoms with Gasteiger partial charge in [-0.05, 0) is 46.3 Å². The molecule has 7 heteroatoms. The molecule has 3 aromatic rings. The van der Waals surface area contributed by atoms with Gasteiger partial charge >= 0.3 is 0 Å². The summed E-state index contributed by atoms with van der Waals surface area (Å²) in [5.74, 6) is -0.489. The number of nitrogens with one attached hydrogen (secondary N) is 1. The predicted molar refractivity (Wildman–Crippen MR) is 87.4 cm³/mol. The lowest BCUT2D eigenvalue weighted by Gasteiger charge is -2.04. The number of amides is 1. The first-order valence-electron chi connectivity index (χ1n) is 6.27. The van der Waals surface area contributed by atoms with Crippen molar-refractivity contribution in [1.82, 2.24) is 9.97 Å². The van der Waals surface area contributed by atoms with Crippen LogP contribution in [0.5, 0.6) is 0 Å². The molecule has 3 rings (SSSR count). The fourth-order valence-corrected chi connectivity index (χ4v) is 2.95. The molecule has 1 N–H and O–H groups in total. The number of pyridine rings is 1. The van der Waals surface area contributed by atoms with Crippen LogP contribution in [0.25, 0.3) is 10.7 Å². The van der Waals surface area contributed by atoms with E-state index >= 15 is 0 Å². The standard InChI is InChI=1S/C15H9BrFN3OS/c16-11-5-4-9(17)7-10(11)14(21)19-13-8-22-15(20-13)12-3-1-2-6-18-12/h1-8H,(H,19,21). The van der Waals surface area contributed by atoms with Crippen LogP contribution in [0.15, 0.2) is 52.4 Å². The lowest BCUT2D eigenvalue weighted by Crippen LogP contribution is -2.13. The van der Waals surface area contributed by atoms with Gasteiger partial charge in [-0.15, -0.1) is 11.3 Å². The molecule has 2 heterocycles. The van der Waals surface area contributed by atoms with Crippen molar-refractivity contribution in [3.8, 4) is 10.7 Å². The van der Waals surface area contributed by atoms with E-state index in [1.165, 1.54) is 29.5 Å². The minimum atomic E-state index is -0.471. The second-order valence-electron chi connectivity index (χ2n) is 4.33. The number of benzene rings is 1. The first kappa shape index (κ1) is 14.8. The van der Waals surface area contributed by atoms with Crippen LogP contribution in [0.3, 0.4) is 0 Å². The SMILES string of the molecule is O=C(Nc1csc(-c2ccccn2)n1)c1cc(F)ccc1Br. The highest BCUT2D eigenvalue weighted by Crippen LogP contribution is 2.25. The molecule has 0 aliphatic rings. The highest BCUT2D eigenvalue weighted by Gasteiger charge is 2.13. The van der Waals surface area contributed by atoms with Gasteiger partial charge in [-0.25, -0.2) is 9.37 Å². The van der Waals surface area contributed by atoms with E-state index in [1.54, 1.807) is 11.6 Å². The quantitative estimate of drug-likeness (QED) is 0.737. The van der Waals surface area contributed by atoms with Gasteiger partial charge in [0.1, 0.15) is 16.6 Å². The Morgan fingerprint density at radius 3 is 2.91 bits per heavy atom. The van der Waals surface area contributed by atoms with Crippen LogP contribution in [-0.2, 0) is 0 Å². The van der Waals surface area contributed by atoms with Crippen molar-refractivity contribution in [1.29, 1.82) is 0 Å². The summed E-state index contributed by atoms with van der Waals surface area (Å²) in [7, 11) is 0. The van der Waals surface area contributed by atoms with Gasteiger partial charge in [0.2, 0.25) is 0 Å². The van der Waals surface area contributed by atoms with Crippen molar-refractivity contribution >= 4 is 39.0 Å². The van der Waals surface area contributed by atoms with E-state index in [1.807, 2.05) is 18.2 Å². The maximum atomic E-state index is 13.2. The second kappa shape index (κ2) is 6.33. The molecule has 0 atom stereocenters. The Labute approximate surface area is 138 Å². The number of carbonyl (C=O) groups excluding carboxylic acids is 1. The van der Waals surface area contributed by atoms with Crippen LogP contribution in [0.4, 0.5) is 10.2 Å². The molecule has 0 radical (unpaired) electrons. The lowest BCUT2D eigenvalue weighted by molar-refractivity contribution is 0.102. The molecule has 110 valence electrons. The Morgan fingerprint density at radius 2 is 2.14 bits per heavy atom. The van der Waals surface area contributed by atoms with Gasteiger partial charge in [0.25, 0.3) is 5.91 Å². The Kier molecular flexibility index (Phi) is 4.26. The van der Waals surface area contributed by atoms with Crippen molar-refractivity contribution in [3.05, 3.63) is 63.8 Å². The number of nitrogens with zero attached hydrogens (tertiary/aromatic N) is 2. The first-order chi connectivity index (χ1) is 10.6. The molecule has 1 amide bonds. The van der Waals surface area contributed by atoms with Crippen molar-refractivity contribution in [3.63, 3.8) is 0 Å². The number of hydrogen-bond donors (Lipinski definition) is 1. The third-order valence-corrected chi connectivity index (χ3v) is 4.36. The van der Waals surface area contributed by atoms with Crippen molar-refractivity contribution in [2.75, 3.05) is 5.32 Å². The van der Waals surface area contributed by atoms with E-state index in [4.69, 9.17) is 0 Å². The van der Waals surface area contributed by atoms with Crippen LogP contribution < -0.4 is 5.32 Å². The van der Waals surface area contributed by atoms with Crippen LogP contribution in [-0.4, -0.2) is 15.9 Å². The van der Waals surface area contributed by atoms with E-state index in [0.717, 1.165) is 5.69 Å². The molecule has 22 heavy (non-hydrogen) atoms. The third kappa shape index (κ3) is 3.20. The van der Waals surface area contributed by atoms with Gasteiger partial charge < -0.3 is 5.32 Å². The van der Waals surface area contributed by atoms with E-state index in [9.17, 15) is 9.18 Å². The largest absolute Gasteiger partial charge is 0.306 e. The van der Waals surface area contributed by atoms with Crippen LogP contribution in [0, 0.1) is 5.82 Å². The zero-order valence-electron chi connectivity index (χ0n) is 11.1. The number of aromatic nitrogens is 2. The maximum absolute atomic E-state index is 13.2. The first-order valence-corrected chi connectivity index (χ1v) is 7.94. The fraction of sp³-hybridized carbons (Fsp3) is 0. The number of hydrogen-bond acceptors (Lipinski definition) is 4. The molecular weight excluding hydrogens is 369 g/mol. The normalized spacial score (nSPS) is 10.5. The molecule has 0 aliphatic heterocycles. The topological polar surface area (TPSA) is 54.9 Å². The van der Waals surface area contributed by atoms with Gasteiger partial charge in [-0.3, -0.25) is 9.78 Å². The summed E-state index contributed by atoms with van der Waals surface area (Å²) in [4.78, 5) is 20.7. The predicted octanol–water partition coefficient (Wildman–Crippen LogP) is 4.36. The fourth-order valence-electron chi connectivity index (χ4n) is 1.79. The van der Waals surface area contributed by atoms with Crippen LogP contribution in [0.1, 0.15) is 10.4 Å². The highest BCUT2D eigenvalue weighted by atomic mass is 79.9. The molecule has 0 bridgehead atoms. The summed E-state index contributed by atoms with van der Waals surface area (Å²) in [6.07, 6.45) is 1.68. The van der Waals surface area contributed by atoms with Crippen molar-refractivity contribution in [2.24, 2.45) is 0 Å². The zero-order chi connectivity index (χ0) is 15.5. The Balaban J connectivity index is 1.81. The Bertz CT molecular complexity index is 823. The number of thiazole rings is 1. The molecule has 0 saturated heterocycles. The molecule has 0 spiro atoms. The van der Waals surface area contributed by atoms with Crippen LogP contribution in [0.2, 0.25) is 0 Å². The number of carbonyl (C=O) groups is 1. The Morgan fingerprint density at radius 1 is 1.27 bits per heavy atom. The minimum absolute atomic E-state index is 0.215. The smallest absolute Gasteiger partial charge is 0.258 e. The van der Waals surface area contributed by atoms with Crippen LogP contribution >= 0.6 is 27.3 Å². The van der Waals surface area contributed by atoms with Crippen molar-refractivity contribution < 1.29 is 9.18 Å². The lowest BCUT2D eigenvalue weighted by atomic mass is 10.2. The number of halogens is 2. The molecule has 4 nitrogen and oxygen atoms in total. The van der Waals surface area contributed by atoms with Gasteiger partial charge in [-0.2, -0.15) is 0 Å². The average Bonchev–Trinajstić information content (AvgIpc) is 2.99. The molecule has 0 aliphatic carbocycles. The van der Waals surface area contributed by atoms with E-state index in [-0.39, 0.29) is 5.56 Å².